The van der Waals surface area contributed by atoms with Gasteiger partial charge in [0.15, 0.2) is 0 Å². The average molecular weight is 409 g/mol. The molecule has 0 spiro atoms. The molecule has 1 aliphatic rings. The van der Waals surface area contributed by atoms with Gasteiger partial charge in [-0.15, -0.1) is 23.7 Å². The first-order valence-electron chi connectivity index (χ1n) is 7.93. The predicted octanol–water partition coefficient (Wildman–Crippen LogP) is 4.13. The molecule has 0 saturated carbocycles. The lowest BCUT2D eigenvalue weighted by Crippen LogP contribution is -2.46. The number of benzene rings is 1. The number of nitrogens with one attached hydrogen (secondary N) is 1. The van der Waals surface area contributed by atoms with E-state index in [4.69, 9.17) is 11.6 Å². The molecule has 1 aliphatic heterocycles. The second-order valence-electron chi connectivity index (χ2n) is 5.84. The van der Waals surface area contributed by atoms with Crippen molar-refractivity contribution in [2.75, 3.05) is 19.6 Å². The Morgan fingerprint density at radius 2 is 2.04 bits per heavy atom. The molecule has 0 atom stereocenters. The van der Waals surface area contributed by atoms with Gasteiger partial charge in [-0.1, -0.05) is 18.5 Å². The summed E-state index contributed by atoms with van der Waals surface area (Å²) in [6.07, 6.45) is 2.54. The number of fused-ring (bicyclic) bond motifs is 1. The van der Waals surface area contributed by atoms with Crippen molar-refractivity contribution in [3.05, 3.63) is 28.6 Å². The minimum Gasteiger partial charge on any atom is -0.317 e. The van der Waals surface area contributed by atoms with Gasteiger partial charge in [0.25, 0.3) is 0 Å². The van der Waals surface area contributed by atoms with E-state index in [1.807, 2.05) is 13.0 Å². The summed E-state index contributed by atoms with van der Waals surface area (Å²) < 4.78 is 29.2. The molecule has 0 unspecified atom stereocenters. The van der Waals surface area contributed by atoms with Gasteiger partial charge in [0, 0.05) is 33.1 Å². The molecule has 1 fully saturated rings. The van der Waals surface area contributed by atoms with Gasteiger partial charge in [-0.05, 0) is 50.6 Å². The highest BCUT2D eigenvalue weighted by atomic mass is 35.5. The molecule has 0 aliphatic carbocycles. The highest BCUT2D eigenvalue weighted by Gasteiger charge is 2.33. The summed E-state index contributed by atoms with van der Waals surface area (Å²) in [5, 5.41) is 6.35. The smallest absolute Gasteiger partial charge is 0.244 e. The molecule has 2 heterocycles. The molecular weight excluding hydrogens is 387 g/mol. The molecule has 0 bridgehead atoms. The number of rotatable bonds is 5. The quantitative estimate of drug-likeness (QED) is 0.808. The Labute approximate surface area is 158 Å². The Bertz CT molecular complexity index is 786. The molecule has 1 aromatic carbocycles. The third-order valence-corrected chi connectivity index (χ3v) is 7.59. The zero-order valence-corrected chi connectivity index (χ0v) is 16.7. The Morgan fingerprint density at radius 3 is 2.71 bits per heavy atom. The van der Waals surface area contributed by atoms with E-state index >= 15 is 0 Å². The van der Waals surface area contributed by atoms with Crippen molar-refractivity contribution in [3.8, 4) is 0 Å². The van der Waals surface area contributed by atoms with Crippen LogP contribution in [-0.2, 0) is 10.0 Å². The number of halogens is 2. The van der Waals surface area contributed by atoms with Crippen LogP contribution in [0.25, 0.3) is 10.1 Å². The molecule has 1 aromatic heterocycles. The molecule has 0 radical (unpaired) electrons. The van der Waals surface area contributed by atoms with Crippen LogP contribution < -0.4 is 5.32 Å². The first-order chi connectivity index (χ1) is 11.0. The summed E-state index contributed by atoms with van der Waals surface area (Å²) in [6, 6.07) is 5.52. The number of hydrogen-bond donors (Lipinski definition) is 1. The molecule has 2 aromatic rings. The first-order valence-corrected chi connectivity index (χ1v) is 10.6. The van der Waals surface area contributed by atoms with Crippen LogP contribution in [0.5, 0.6) is 0 Å². The lowest BCUT2D eigenvalue weighted by molar-refractivity contribution is 0.262. The van der Waals surface area contributed by atoms with Crippen molar-refractivity contribution < 1.29 is 8.42 Å². The van der Waals surface area contributed by atoms with E-state index in [0.717, 1.165) is 42.4 Å². The van der Waals surface area contributed by atoms with Gasteiger partial charge < -0.3 is 5.32 Å². The van der Waals surface area contributed by atoms with Crippen LogP contribution in [0.4, 0.5) is 0 Å². The Kier molecular flexibility index (Phi) is 6.93. The van der Waals surface area contributed by atoms with Crippen molar-refractivity contribution in [1.82, 2.24) is 9.62 Å². The van der Waals surface area contributed by atoms with Gasteiger partial charge in [0.1, 0.15) is 4.90 Å². The fourth-order valence-corrected chi connectivity index (χ4v) is 6.51. The predicted molar refractivity (Wildman–Crippen MR) is 104 cm³/mol. The normalized spacial score (nSPS) is 16.5. The molecule has 24 heavy (non-hydrogen) atoms. The number of sulfonamides is 1. The van der Waals surface area contributed by atoms with Gasteiger partial charge in [0.05, 0.1) is 0 Å². The van der Waals surface area contributed by atoms with Crippen LogP contribution >= 0.6 is 35.3 Å². The van der Waals surface area contributed by atoms with Gasteiger partial charge in [0.2, 0.25) is 10.0 Å². The zero-order chi connectivity index (χ0) is 16.4. The van der Waals surface area contributed by atoms with E-state index in [1.54, 1.807) is 21.8 Å². The van der Waals surface area contributed by atoms with E-state index in [2.05, 4.69) is 5.32 Å². The maximum absolute atomic E-state index is 13.3. The van der Waals surface area contributed by atoms with Crippen molar-refractivity contribution in [3.63, 3.8) is 0 Å². The second-order valence-corrected chi connectivity index (χ2v) is 9.04. The number of thiophene rings is 1. The van der Waals surface area contributed by atoms with E-state index in [9.17, 15) is 8.42 Å². The van der Waals surface area contributed by atoms with E-state index in [0.29, 0.717) is 16.5 Å². The van der Waals surface area contributed by atoms with E-state index in [1.165, 1.54) is 11.3 Å². The fourth-order valence-electron chi connectivity index (χ4n) is 3.12. The van der Waals surface area contributed by atoms with Crippen molar-refractivity contribution in [1.29, 1.82) is 0 Å². The molecule has 1 N–H and O–H groups in total. The third-order valence-electron chi connectivity index (χ3n) is 4.25. The van der Waals surface area contributed by atoms with Gasteiger partial charge in [-0.3, -0.25) is 0 Å². The molecule has 8 heteroatoms. The fraction of sp³-hybridized carbons (Fsp3) is 0.500. The van der Waals surface area contributed by atoms with Crippen LogP contribution in [0.1, 0.15) is 26.2 Å². The van der Waals surface area contributed by atoms with Crippen LogP contribution in [0.15, 0.2) is 28.5 Å². The molecule has 3 rings (SSSR count). The lowest BCUT2D eigenvalue weighted by Gasteiger charge is -2.33. The second kappa shape index (κ2) is 8.34. The van der Waals surface area contributed by atoms with Crippen LogP contribution in [-0.4, -0.2) is 38.4 Å². The average Bonchev–Trinajstić information content (AvgIpc) is 2.97. The third kappa shape index (κ3) is 3.89. The minimum atomic E-state index is -3.51. The molecule has 1 saturated heterocycles. The van der Waals surface area contributed by atoms with Gasteiger partial charge in [-0.2, -0.15) is 4.31 Å². The Morgan fingerprint density at radius 1 is 1.33 bits per heavy atom. The topological polar surface area (TPSA) is 49.4 Å². The number of piperidine rings is 1. The minimum absolute atomic E-state index is 0. The summed E-state index contributed by atoms with van der Waals surface area (Å²) in [5.74, 6) is 0. The number of hydrogen-bond acceptors (Lipinski definition) is 4. The summed E-state index contributed by atoms with van der Waals surface area (Å²) in [7, 11) is -3.51. The molecule has 134 valence electrons. The maximum atomic E-state index is 13.3. The van der Waals surface area contributed by atoms with Crippen molar-refractivity contribution >= 4 is 55.5 Å². The summed E-state index contributed by atoms with van der Waals surface area (Å²) in [5.41, 5.74) is 0. The van der Waals surface area contributed by atoms with Gasteiger partial charge in [-0.25, -0.2) is 8.42 Å². The SMILES string of the molecule is CCCN(C1CCNCC1)S(=O)(=O)c1csc2ccc(Cl)cc12.Cl. The monoisotopic (exact) mass is 408 g/mol. The highest BCUT2D eigenvalue weighted by Crippen LogP contribution is 2.34. The first kappa shape index (κ1) is 19.9. The van der Waals surface area contributed by atoms with Crippen LogP contribution in [0.2, 0.25) is 5.02 Å². The highest BCUT2D eigenvalue weighted by molar-refractivity contribution is 7.89. The molecule has 0 amide bonds. The molecular formula is C16H22Cl2N2O2S2. The van der Waals surface area contributed by atoms with Crippen LogP contribution in [0, 0.1) is 0 Å². The van der Waals surface area contributed by atoms with Crippen molar-refractivity contribution in [2.45, 2.75) is 37.1 Å². The number of nitrogens with zero attached hydrogens (tertiary/aromatic N) is 1. The van der Waals surface area contributed by atoms with Crippen molar-refractivity contribution in [2.24, 2.45) is 0 Å². The molecule has 4 nitrogen and oxygen atoms in total. The largest absolute Gasteiger partial charge is 0.317 e. The lowest BCUT2D eigenvalue weighted by atomic mass is 10.1. The van der Waals surface area contributed by atoms with Gasteiger partial charge >= 0.3 is 0 Å². The maximum Gasteiger partial charge on any atom is 0.244 e. The summed E-state index contributed by atoms with van der Waals surface area (Å²) >= 11 is 7.53. The zero-order valence-electron chi connectivity index (χ0n) is 13.5. The van der Waals surface area contributed by atoms with E-state index < -0.39 is 10.0 Å². The summed E-state index contributed by atoms with van der Waals surface area (Å²) in [6.45, 7) is 4.32. The van der Waals surface area contributed by atoms with Crippen LogP contribution in [0.3, 0.4) is 0 Å². The van der Waals surface area contributed by atoms with E-state index in [-0.39, 0.29) is 18.4 Å². The standard InChI is InChI=1S/C16H21ClN2O2S2.ClH/c1-2-9-19(13-5-7-18-8-6-13)23(20,21)16-11-22-15-4-3-12(17)10-14(15)16;/h3-4,10-11,13,18H,2,5-9H2,1H3;1H. The Hall–Kier alpha value is -0.370. The summed E-state index contributed by atoms with van der Waals surface area (Å²) in [4.78, 5) is 0.395. The Balaban J connectivity index is 0.00000208.